The van der Waals surface area contributed by atoms with Gasteiger partial charge in [-0.05, 0) is 45.0 Å². The molecule has 0 aromatic heterocycles. The number of rotatable bonds is 2. The number of para-hydroxylation sites is 1. The third-order valence-corrected chi connectivity index (χ3v) is 5.72. The monoisotopic (exact) mass is 447 g/mol. The van der Waals surface area contributed by atoms with Gasteiger partial charge in [-0.25, -0.2) is 9.69 Å². The molecule has 2 aromatic carbocycles. The first-order chi connectivity index (χ1) is 13.3. The Morgan fingerprint density at radius 3 is 2.24 bits per heavy atom. The molecule has 6 nitrogen and oxygen atoms in total. The molecule has 0 N–H and O–H groups in total. The van der Waals surface area contributed by atoms with Crippen LogP contribution in [0.3, 0.4) is 0 Å². The molecule has 0 spiro atoms. The smallest absolute Gasteiger partial charge is 0.443 e. The van der Waals surface area contributed by atoms with E-state index in [9.17, 15) is 26.4 Å². The van der Waals surface area contributed by atoms with Crippen molar-refractivity contribution in [2.75, 3.05) is 4.90 Å². The van der Waals surface area contributed by atoms with E-state index in [1.165, 1.54) is 17.0 Å². The number of halogens is 3. The van der Waals surface area contributed by atoms with Crippen molar-refractivity contribution in [3.63, 3.8) is 0 Å². The van der Waals surface area contributed by atoms with E-state index in [1.54, 1.807) is 45.0 Å². The number of fused-ring (bicyclic) bond motifs is 2. The zero-order chi connectivity index (χ0) is 21.6. The predicted octanol–water partition coefficient (Wildman–Crippen LogP) is 5.45. The van der Waals surface area contributed by atoms with Gasteiger partial charge in [0.2, 0.25) is 0 Å². The molecule has 29 heavy (non-hydrogen) atoms. The second-order valence-electron chi connectivity index (χ2n) is 6.97. The lowest BCUT2D eigenvalue weighted by Crippen LogP contribution is -2.35. The minimum atomic E-state index is -5.88. The fourth-order valence-electron chi connectivity index (χ4n) is 2.49. The summed E-state index contributed by atoms with van der Waals surface area (Å²) < 4.78 is 71.1. The van der Waals surface area contributed by atoms with Crippen molar-refractivity contribution in [2.45, 2.75) is 41.7 Å². The van der Waals surface area contributed by atoms with Crippen LogP contribution >= 0.6 is 11.8 Å². The highest BCUT2D eigenvalue weighted by atomic mass is 32.2. The second-order valence-corrected chi connectivity index (χ2v) is 9.56. The van der Waals surface area contributed by atoms with Gasteiger partial charge in [-0.3, -0.25) is 0 Å². The summed E-state index contributed by atoms with van der Waals surface area (Å²) in [4.78, 5) is 14.6. The number of ether oxygens (including phenoxy) is 1. The van der Waals surface area contributed by atoms with Crippen molar-refractivity contribution in [1.82, 2.24) is 0 Å². The minimum absolute atomic E-state index is 0.0462. The summed E-state index contributed by atoms with van der Waals surface area (Å²) in [5.41, 5.74) is -5.81. The highest BCUT2D eigenvalue weighted by Crippen LogP contribution is 2.52. The number of hydrogen-bond acceptors (Lipinski definition) is 6. The summed E-state index contributed by atoms with van der Waals surface area (Å²) in [7, 11) is -5.88. The number of benzene rings is 2. The normalized spacial score (nSPS) is 14.1. The molecule has 2 aromatic rings. The molecule has 0 unspecified atom stereocenters. The van der Waals surface area contributed by atoms with E-state index in [-0.39, 0.29) is 10.6 Å². The summed E-state index contributed by atoms with van der Waals surface area (Å²) >= 11 is 0.993. The van der Waals surface area contributed by atoms with Gasteiger partial charge in [-0.1, -0.05) is 30.0 Å². The largest absolute Gasteiger partial charge is 0.534 e. The number of alkyl halides is 3. The van der Waals surface area contributed by atoms with Crippen LogP contribution in [0.2, 0.25) is 0 Å². The van der Waals surface area contributed by atoms with Gasteiger partial charge < -0.3 is 8.92 Å². The Kier molecular flexibility index (Phi) is 5.24. The van der Waals surface area contributed by atoms with Gasteiger partial charge in [-0.2, -0.15) is 21.6 Å². The van der Waals surface area contributed by atoms with Crippen molar-refractivity contribution in [2.24, 2.45) is 0 Å². The van der Waals surface area contributed by atoms with Crippen molar-refractivity contribution in [3.8, 4) is 5.75 Å². The first-order valence-corrected chi connectivity index (χ1v) is 10.5. The molecule has 0 atom stereocenters. The van der Waals surface area contributed by atoms with E-state index in [1.807, 2.05) is 0 Å². The molecule has 0 aliphatic carbocycles. The summed E-state index contributed by atoms with van der Waals surface area (Å²) in [5.74, 6) is -0.534. The average molecular weight is 447 g/mol. The molecule has 0 radical (unpaired) electrons. The van der Waals surface area contributed by atoms with Crippen LogP contribution in [0.15, 0.2) is 52.3 Å². The third-order valence-electron chi connectivity index (χ3n) is 3.58. The maximum Gasteiger partial charge on any atom is 0.534 e. The highest BCUT2D eigenvalue weighted by molar-refractivity contribution is 8.00. The molecule has 0 saturated heterocycles. The molecule has 0 saturated carbocycles. The number of carbonyl (C=O) groups excluding carboxylic acids is 1. The molecule has 1 aliphatic rings. The summed E-state index contributed by atoms with van der Waals surface area (Å²) in [6, 6.07) is 10.5. The summed E-state index contributed by atoms with van der Waals surface area (Å²) in [5, 5.41) is 0. The Morgan fingerprint density at radius 1 is 1.00 bits per heavy atom. The van der Waals surface area contributed by atoms with Gasteiger partial charge >= 0.3 is 21.7 Å². The molecule has 3 rings (SSSR count). The van der Waals surface area contributed by atoms with Gasteiger partial charge in [0.25, 0.3) is 0 Å². The predicted molar refractivity (Wildman–Crippen MR) is 101 cm³/mol. The molecule has 11 heteroatoms. The first kappa shape index (κ1) is 21.3. The third kappa shape index (κ3) is 4.30. The van der Waals surface area contributed by atoms with Crippen LogP contribution < -0.4 is 9.08 Å². The minimum Gasteiger partial charge on any atom is -0.443 e. The zero-order valence-electron chi connectivity index (χ0n) is 15.5. The Labute approximate surface area is 169 Å². The molecule has 1 aliphatic heterocycles. The van der Waals surface area contributed by atoms with Crippen LogP contribution in [-0.2, 0) is 14.9 Å². The van der Waals surface area contributed by atoms with Crippen molar-refractivity contribution >= 4 is 39.3 Å². The Hall–Kier alpha value is -2.40. The standard InChI is InChI=1S/C18H16F3NO5S2/c1-17(2,3)26-16(23)22-11-7-4-5-10-14(11)28-15-12(22)8-6-9-13(15)27-29(24,25)18(19,20)21/h4-10H,1-3H3. The number of amides is 1. The number of nitrogens with zero attached hydrogens (tertiary/aromatic N) is 1. The van der Waals surface area contributed by atoms with Crippen LogP contribution in [0.4, 0.5) is 29.3 Å². The summed E-state index contributed by atoms with van der Waals surface area (Å²) in [6.45, 7) is 5.02. The van der Waals surface area contributed by atoms with Gasteiger partial charge in [-0.15, -0.1) is 0 Å². The van der Waals surface area contributed by atoms with E-state index in [4.69, 9.17) is 4.74 Å². The van der Waals surface area contributed by atoms with Crippen LogP contribution in [0.5, 0.6) is 5.75 Å². The van der Waals surface area contributed by atoms with Crippen molar-refractivity contribution in [3.05, 3.63) is 42.5 Å². The Bertz CT molecular complexity index is 1060. The van der Waals surface area contributed by atoms with E-state index in [0.29, 0.717) is 10.6 Å². The highest BCUT2D eigenvalue weighted by Gasteiger charge is 2.49. The number of carbonyl (C=O) groups is 1. The fraction of sp³-hybridized carbons (Fsp3) is 0.278. The van der Waals surface area contributed by atoms with Crippen molar-refractivity contribution < 1.29 is 35.3 Å². The number of hydrogen-bond donors (Lipinski definition) is 0. The number of anilines is 2. The zero-order valence-corrected chi connectivity index (χ0v) is 17.1. The SMILES string of the molecule is CC(C)(C)OC(=O)N1c2ccccc2Sc2c(OS(=O)(=O)C(F)(F)F)cccc21. The summed E-state index contributed by atoms with van der Waals surface area (Å²) in [6.07, 6.45) is -0.762. The Morgan fingerprint density at radius 2 is 1.62 bits per heavy atom. The van der Waals surface area contributed by atoms with Crippen molar-refractivity contribution in [1.29, 1.82) is 0 Å². The topological polar surface area (TPSA) is 72.9 Å². The molecule has 1 amide bonds. The Balaban J connectivity index is 2.13. The van der Waals surface area contributed by atoms with Gasteiger partial charge in [0.05, 0.1) is 16.3 Å². The molecule has 1 heterocycles. The molecular formula is C18H16F3NO5S2. The molecule has 0 bridgehead atoms. The maximum atomic E-state index is 12.9. The quantitative estimate of drug-likeness (QED) is 0.450. The molecule has 0 fully saturated rings. The van der Waals surface area contributed by atoms with Gasteiger partial charge in [0.1, 0.15) is 5.60 Å². The lowest BCUT2D eigenvalue weighted by atomic mass is 10.2. The second kappa shape index (κ2) is 7.13. The van der Waals surface area contributed by atoms with Gasteiger partial charge in [0.15, 0.2) is 5.75 Å². The van der Waals surface area contributed by atoms with E-state index in [2.05, 4.69) is 4.18 Å². The van der Waals surface area contributed by atoms with Crippen LogP contribution in [0, 0.1) is 0 Å². The molecule has 156 valence electrons. The van der Waals surface area contributed by atoms with E-state index >= 15 is 0 Å². The lowest BCUT2D eigenvalue weighted by Gasteiger charge is -2.33. The lowest BCUT2D eigenvalue weighted by molar-refractivity contribution is -0.0500. The van der Waals surface area contributed by atoms with E-state index < -0.39 is 33.1 Å². The van der Waals surface area contributed by atoms with Gasteiger partial charge in [0, 0.05) is 4.90 Å². The van der Waals surface area contributed by atoms with Crippen LogP contribution in [-0.4, -0.2) is 25.6 Å². The maximum absolute atomic E-state index is 12.9. The average Bonchev–Trinajstić information content (AvgIpc) is 2.57. The molecular weight excluding hydrogens is 431 g/mol. The first-order valence-electron chi connectivity index (χ1n) is 8.24. The van der Waals surface area contributed by atoms with E-state index in [0.717, 1.165) is 17.8 Å². The van der Waals surface area contributed by atoms with Crippen LogP contribution in [0.1, 0.15) is 20.8 Å². The fourth-order valence-corrected chi connectivity index (χ4v) is 4.11. The van der Waals surface area contributed by atoms with Crippen LogP contribution in [0.25, 0.3) is 0 Å².